The van der Waals surface area contributed by atoms with E-state index in [1.807, 2.05) is 6.07 Å². The third-order valence-corrected chi connectivity index (χ3v) is 2.11. The van der Waals surface area contributed by atoms with Crippen LogP contribution in [-0.4, -0.2) is 37.6 Å². The van der Waals surface area contributed by atoms with Crippen LogP contribution in [0.2, 0.25) is 0 Å². The van der Waals surface area contributed by atoms with E-state index in [1.165, 1.54) is 12.5 Å². The Hall–Kier alpha value is -1.80. The van der Waals surface area contributed by atoms with Crippen molar-refractivity contribution in [1.82, 2.24) is 4.90 Å². The summed E-state index contributed by atoms with van der Waals surface area (Å²) in [6.45, 7) is 1.33. The van der Waals surface area contributed by atoms with Crippen LogP contribution < -0.4 is 0 Å². The summed E-state index contributed by atoms with van der Waals surface area (Å²) in [6, 6.07) is 3.62. The lowest BCUT2D eigenvalue weighted by atomic mass is 10.2. The first-order chi connectivity index (χ1) is 7.79. The van der Waals surface area contributed by atoms with Crippen molar-refractivity contribution >= 4 is 5.91 Å². The molecule has 0 spiro atoms. The molecule has 1 rings (SSSR count). The Bertz CT molecular complexity index is 354. The fraction of sp³-hybridized carbons (Fsp3) is 0.455. The summed E-state index contributed by atoms with van der Waals surface area (Å²) < 4.78 is 9.77. The summed E-state index contributed by atoms with van der Waals surface area (Å²) in [6.07, 6.45) is 3.16. The van der Waals surface area contributed by atoms with Gasteiger partial charge in [0.05, 0.1) is 30.9 Å². The summed E-state index contributed by atoms with van der Waals surface area (Å²) in [5.74, 6) is -0.138. The van der Waals surface area contributed by atoms with Crippen LogP contribution in [0, 0.1) is 11.3 Å². The second kappa shape index (κ2) is 6.64. The Balaban J connectivity index is 2.60. The highest BCUT2D eigenvalue weighted by atomic mass is 16.5. The molecule has 0 N–H and O–H groups in total. The van der Waals surface area contributed by atoms with E-state index in [4.69, 9.17) is 14.4 Å². The zero-order valence-corrected chi connectivity index (χ0v) is 9.18. The Labute approximate surface area is 94.2 Å². The fourth-order valence-corrected chi connectivity index (χ4v) is 1.27. The van der Waals surface area contributed by atoms with Crippen LogP contribution in [0.5, 0.6) is 0 Å². The third kappa shape index (κ3) is 3.41. The van der Waals surface area contributed by atoms with Gasteiger partial charge in [0.15, 0.2) is 0 Å². The molecule has 0 unspecified atom stereocenters. The summed E-state index contributed by atoms with van der Waals surface area (Å²) in [5, 5.41) is 8.52. The number of carbonyl (C=O) groups excluding carboxylic acids is 1. The molecule has 1 aromatic heterocycles. The van der Waals surface area contributed by atoms with E-state index < -0.39 is 0 Å². The number of ether oxygens (including phenoxy) is 1. The minimum Gasteiger partial charge on any atom is -0.472 e. The van der Waals surface area contributed by atoms with Crippen molar-refractivity contribution in [3.8, 4) is 6.07 Å². The first kappa shape index (κ1) is 12.3. The average Bonchev–Trinajstić information content (AvgIpc) is 2.82. The predicted octanol–water partition coefficient (Wildman–Crippen LogP) is 1.28. The first-order valence-electron chi connectivity index (χ1n) is 4.97. The number of carbonyl (C=O) groups is 1. The SMILES string of the molecule is COCCN(CCC#N)C(=O)c1ccoc1. The van der Waals surface area contributed by atoms with Gasteiger partial charge in [-0.1, -0.05) is 0 Å². The van der Waals surface area contributed by atoms with Crippen molar-refractivity contribution in [2.75, 3.05) is 26.8 Å². The molecule has 0 fully saturated rings. The van der Waals surface area contributed by atoms with E-state index in [9.17, 15) is 4.79 Å². The number of furan rings is 1. The van der Waals surface area contributed by atoms with Crippen LogP contribution in [0.3, 0.4) is 0 Å². The van der Waals surface area contributed by atoms with Crippen molar-refractivity contribution in [2.24, 2.45) is 0 Å². The minimum absolute atomic E-state index is 0.138. The molecule has 1 amide bonds. The van der Waals surface area contributed by atoms with Gasteiger partial charge in [0.1, 0.15) is 6.26 Å². The molecule has 0 bridgehead atoms. The van der Waals surface area contributed by atoms with Crippen LogP contribution >= 0.6 is 0 Å². The smallest absolute Gasteiger partial charge is 0.257 e. The lowest BCUT2D eigenvalue weighted by molar-refractivity contribution is 0.0699. The van der Waals surface area contributed by atoms with Gasteiger partial charge in [-0.2, -0.15) is 5.26 Å². The van der Waals surface area contributed by atoms with Gasteiger partial charge in [0.25, 0.3) is 5.91 Å². The molecule has 86 valence electrons. The molecule has 0 radical (unpaired) electrons. The van der Waals surface area contributed by atoms with Crippen molar-refractivity contribution in [2.45, 2.75) is 6.42 Å². The molecule has 0 atom stereocenters. The lowest BCUT2D eigenvalue weighted by Crippen LogP contribution is -2.34. The topological polar surface area (TPSA) is 66.5 Å². The maximum atomic E-state index is 11.9. The second-order valence-electron chi connectivity index (χ2n) is 3.21. The van der Waals surface area contributed by atoms with Gasteiger partial charge < -0.3 is 14.1 Å². The van der Waals surface area contributed by atoms with Gasteiger partial charge in [-0.3, -0.25) is 4.79 Å². The number of methoxy groups -OCH3 is 1. The van der Waals surface area contributed by atoms with Crippen LogP contribution in [0.15, 0.2) is 23.0 Å². The van der Waals surface area contributed by atoms with Crippen molar-refractivity contribution in [1.29, 1.82) is 5.26 Å². The molecule has 1 aromatic rings. The summed E-state index contributed by atoms with van der Waals surface area (Å²) in [7, 11) is 1.57. The normalized spacial score (nSPS) is 9.75. The Morgan fingerprint density at radius 3 is 3.00 bits per heavy atom. The first-order valence-corrected chi connectivity index (χ1v) is 4.97. The van der Waals surface area contributed by atoms with E-state index in [0.717, 1.165) is 0 Å². The maximum Gasteiger partial charge on any atom is 0.257 e. The van der Waals surface area contributed by atoms with Crippen LogP contribution in [0.1, 0.15) is 16.8 Å². The quantitative estimate of drug-likeness (QED) is 0.727. The molecule has 0 aliphatic carbocycles. The van der Waals surface area contributed by atoms with Crippen molar-refractivity contribution in [3.05, 3.63) is 24.2 Å². The molecule has 16 heavy (non-hydrogen) atoms. The Kier molecular flexibility index (Phi) is 5.09. The van der Waals surface area contributed by atoms with Gasteiger partial charge in [-0.25, -0.2) is 0 Å². The molecular weight excluding hydrogens is 208 g/mol. The molecule has 0 aromatic carbocycles. The van der Waals surface area contributed by atoms with E-state index >= 15 is 0 Å². The fourth-order valence-electron chi connectivity index (χ4n) is 1.27. The summed E-state index contributed by atoms with van der Waals surface area (Å²) in [5.41, 5.74) is 0.494. The number of hydrogen-bond acceptors (Lipinski definition) is 4. The van der Waals surface area contributed by atoms with Crippen LogP contribution in [-0.2, 0) is 4.74 Å². The van der Waals surface area contributed by atoms with Crippen LogP contribution in [0.25, 0.3) is 0 Å². The molecule has 0 saturated heterocycles. The third-order valence-electron chi connectivity index (χ3n) is 2.11. The largest absolute Gasteiger partial charge is 0.472 e. The predicted molar refractivity (Wildman–Crippen MR) is 56.7 cm³/mol. The average molecular weight is 222 g/mol. The van der Waals surface area contributed by atoms with Gasteiger partial charge in [0, 0.05) is 20.2 Å². The van der Waals surface area contributed by atoms with Gasteiger partial charge in [-0.15, -0.1) is 0 Å². The van der Waals surface area contributed by atoms with Gasteiger partial charge in [0.2, 0.25) is 0 Å². The molecule has 5 heteroatoms. The highest BCUT2D eigenvalue weighted by molar-refractivity contribution is 5.93. The molecule has 5 nitrogen and oxygen atoms in total. The van der Waals surface area contributed by atoms with Crippen molar-refractivity contribution in [3.63, 3.8) is 0 Å². The lowest BCUT2D eigenvalue weighted by Gasteiger charge is -2.20. The van der Waals surface area contributed by atoms with E-state index in [0.29, 0.717) is 31.7 Å². The monoisotopic (exact) mass is 222 g/mol. The van der Waals surface area contributed by atoms with Gasteiger partial charge in [-0.05, 0) is 6.07 Å². The molecule has 1 heterocycles. The number of nitrogens with zero attached hydrogens (tertiary/aromatic N) is 2. The second-order valence-corrected chi connectivity index (χ2v) is 3.21. The minimum atomic E-state index is -0.138. The number of amides is 1. The molecule has 0 saturated carbocycles. The highest BCUT2D eigenvalue weighted by Gasteiger charge is 2.15. The summed E-state index contributed by atoms with van der Waals surface area (Å²) >= 11 is 0. The number of rotatable bonds is 6. The Morgan fingerprint density at radius 1 is 1.62 bits per heavy atom. The zero-order chi connectivity index (χ0) is 11.8. The van der Waals surface area contributed by atoms with E-state index in [1.54, 1.807) is 18.1 Å². The van der Waals surface area contributed by atoms with E-state index in [-0.39, 0.29) is 5.91 Å². The molecule has 0 aliphatic heterocycles. The standard InChI is InChI=1S/C11H14N2O3/c1-15-8-6-13(5-2-4-12)11(14)10-3-7-16-9-10/h3,7,9H,2,5-6,8H2,1H3. The number of hydrogen-bond donors (Lipinski definition) is 0. The Morgan fingerprint density at radius 2 is 2.44 bits per heavy atom. The molecule has 0 aliphatic rings. The zero-order valence-electron chi connectivity index (χ0n) is 9.18. The highest BCUT2D eigenvalue weighted by Crippen LogP contribution is 2.06. The van der Waals surface area contributed by atoms with E-state index in [2.05, 4.69) is 0 Å². The molecular formula is C11H14N2O3. The van der Waals surface area contributed by atoms with Crippen molar-refractivity contribution < 1.29 is 13.9 Å². The maximum absolute atomic E-state index is 11.9. The summed E-state index contributed by atoms with van der Waals surface area (Å²) in [4.78, 5) is 13.5. The number of nitriles is 1. The van der Waals surface area contributed by atoms with Crippen LogP contribution in [0.4, 0.5) is 0 Å². The van der Waals surface area contributed by atoms with Gasteiger partial charge >= 0.3 is 0 Å².